The highest BCUT2D eigenvalue weighted by molar-refractivity contribution is 7.81. The van der Waals surface area contributed by atoms with Gasteiger partial charge in [0.2, 0.25) is 0 Å². The fraction of sp³-hybridized carbons (Fsp3) is 1.00. The van der Waals surface area contributed by atoms with E-state index in [1.54, 1.807) is 0 Å². The molecule has 0 saturated carbocycles. The molecule has 0 bridgehead atoms. The average molecular weight is 232 g/mol. The molecule has 0 radical (unpaired) electrons. The fourth-order valence-electron chi connectivity index (χ4n) is 0.187. The van der Waals surface area contributed by atoms with Crippen LogP contribution in [0.2, 0.25) is 0 Å². The summed E-state index contributed by atoms with van der Waals surface area (Å²) >= 11 is 0. The summed E-state index contributed by atoms with van der Waals surface area (Å²) in [6, 6.07) is 0. The van der Waals surface area contributed by atoms with Crippen LogP contribution in [0.15, 0.2) is 0 Å². The second-order valence-electron chi connectivity index (χ2n) is 2.15. The smallest absolute Gasteiger partial charge is 0.394 e. The molecule has 0 aliphatic carbocycles. The average Bonchev–Trinajstić information content (AvgIpc) is 2.16. The van der Waals surface area contributed by atoms with Crippen LogP contribution in [0.4, 0.5) is 0 Å². The molecule has 0 heterocycles. The molecule has 0 aliphatic heterocycles. The van der Waals surface area contributed by atoms with Crippen molar-refractivity contribution in [3.05, 3.63) is 0 Å². The summed E-state index contributed by atoms with van der Waals surface area (Å²) in [5.74, 6) is 0. The van der Waals surface area contributed by atoms with Crippen molar-refractivity contribution in [2.24, 2.45) is 0 Å². The molecular weight excluding hydrogens is 216 g/mol. The van der Waals surface area contributed by atoms with Gasteiger partial charge in [0.05, 0.1) is 33.0 Å². The number of aliphatic hydroxyl groups excluding tert-OH is 3. The van der Waals surface area contributed by atoms with Crippen LogP contribution >= 0.6 is 0 Å². The Morgan fingerprint density at radius 2 is 1.79 bits per heavy atom. The van der Waals surface area contributed by atoms with Crippen molar-refractivity contribution in [3.63, 3.8) is 0 Å². The zero-order chi connectivity index (χ0) is 11.6. The Labute approximate surface area is 83.2 Å². The van der Waals surface area contributed by atoms with Crippen molar-refractivity contribution in [2.75, 3.05) is 26.9 Å². The van der Waals surface area contributed by atoms with Gasteiger partial charge < -0.3 is 15.3 Å². The lowest BCUT2D eigenvalue weighted by Crippen LogP contribution is -2.10. The van der Waals surface area contributed by atoms with Crippen molar-refractivity contribution >= 4 is 10.4 Å². The predicted octanol–water partition coefficient (Wildman–Crippen LogP) is -1.75. The molecular formula is C6H16O7S. The van der Waals surface area contributed by atoms with E-state index in [1.807, 2.05) is 0 Å². The first-order valence-electron chi connectivity index (χ1n) is 3.74. The fourth-order valence-corrected chi connectivity index (χ4v) is 0.562. The Balaban J connectivity index is 0. The Morgan fingerprint density at radius 1 is 1.36 bits per heavy atom. The highest BCUT2D eigenvalue weighted by atomic mass is 32.3. The maximum atomic E-state index is 10.2. The zero-order valence-corrected chi connectivity index (χ0v) is 8.90. The lowest BCUT2D eigenvalue weighted by molar-refractivity contribution is 0.110. The van der Waals surface area contributed by atoms with E-state index in [-0.39, 0.29) is 19.8 Å². The third-order valence-corrected chi connectivity index (χ3v) is 1.65. The summed E-state index contributed by atoms with van der Waals surface area (Å²) < 4.78 is 28.3. The molecule has 0 aromatic carbocycles. The van der Waals surface area contributed by atoms with Gasteiger partial charge >= 0.3 is 10.4 Å². The first-order valence-corrected chi connectivity index (χ1v) is 5.07. The van der Waals surface area contributed by atoms with Crippen LogP contribution in [0.1, 0.15) is 6.92 Å². The van der Waals surface area contributed by atoms with Crippen LogP contribution in [-0.2, 0) is 18.8 Å². The van der Waals surface area contributed by atoms with Crippen molar-refractivity contribution < 1.29 is 32.1 Å². The molecule has 0 amide bonds. The van der Waals surface area contributed by atoms with E-state index < -0.39 is 16.5 Å². The third-order valence-electron chi connectivity index (χ3n) is 0.787. The van der Waals surface area contributed by atoms with Crippen molar-refractivity contribution in [2.45, 2.75) is 13.0 Å². The quantitative estimate of drug-likeness (QED) is 0.515. The summed E-state index contributed by atoms with van der Waals surface area (Å²) in [7, 11) is -2.86. The maximum absolute atomic E-state index is 10.2. The molecule has 0 spiro atoms. The highest BCUT2D eigenvalue weighted by Crippen LogP contribution is 1.90. The van der Waals surface area contributed by atoms with Crippen LogP contribution in [-0.4, -0.2) is 56.8 Å². The highest BCUT2D eigenvalue weighted by Gasteiger charge is 2.06. The third kappa shape index (κ3) is 14.3. The number of hydrogen-bond donors (Lipinski definition) is 3. The van der Waals surface area contributed by atoms with Gasteiger partial charge in [-0.15, -0.1) is 0 Å². The molecule has 0 aromatic rings. The molecule has 3 N–H and O–H groups in total. The van der Waals surface area contributed by atoms with E-state index in [9.17, 15) is 8.42 Å². The maximum Gasteiger partial charge on any atom is 0.399 e. The molecule has 0 saturated heterocycles. The normalized spacial score (nSPS) is 12.9. The Bertz CT molecular complexity index is 198. The topological polar surface area (TPSA) is 113 Å². The Kier molecular flexibility index (Phi) is 10.8. The van der Waals surface area contributed by atoms with Crippen molar-refractivity contribution in [3.8, 4) is 0 Å². The van der Waals surface area contributed by atoms with Gasteiger partial charge in [0.1, 0.15) is 0 Å². The van der Waals surface area contributed by atoms with E-state index in [0.717, 1.165) is 7.11 Å². The van der Waals surface area contributed by atoms with Crippen molar-refractivity contribution in [1.82, 2.24) is 0 Å². The van der Waals surface area contributed by atoms with E-state index in [4.69, 9.17) is 15.3 Å². The molecule has 0 fully saturated rings. The van der Waals surface area contributed by atoms with Gasteiger partial charge in [-0.05, 0) is 6.92 Å². The first-order chi connectivity index (χ1) is 6.39. The molecule has 7 nitrogen and oxygen atoms in total. The summed E-state index contributed by atoms with van der Waals surface area (Å²) in [4.78, 5) is 0. The van der Waals surface area contributed by atoms with E-state index in [2.05, 4.69) is 8.37 Å². The van der Waals surface area contributed by atoms with Gasteiger partial charge in [0, 0.05) is 0 Å². The monoisotopic (exact) mass is 232 g/mol. The standard InChI is InChI=1S/C3H8O5S.C3H8O2/c1-7-9(5,6)8-3-2-4;1-3(5)2-4/h4H,2-3H2,1H3;3-5H,2H2,1H3. The predicted molar refractivity (Wildman–Crippen MR) is 47.7 cm³/mol. The minimum atomic E-state index is -3.84. The van der Waals surface area contributed by atoms with E-state index >= 15 is 0 Å². The van der Waals surface area contributed by atoms with Gasteiger partial charge in [0.15, 0.2) is 0 Å². The number of hydrogen-bond acceptors (Lipinski definition) is 7. The summed E-state index contributed by atoms with van der Waals surface area (Å²) in [6.07, 6.45) is -0.560. The minimum absolute atomic E-state index is 0.139. The molecule has 8 heteroatoms. The zero-order valence-electron chi connectivity index (χ0n) is 8.08. The molecule has 0 aromatic heterocycles. The lowest BCUT2D eigenvalue weighted by Gasteiger charge is -1.97. The van der Waals surface area contributed by atoms with Crippen LogP contribution in [0.5, 0.6) is 0 Å². The second kappa shape index (κ2) is 9.31. The van der Waals surface area contributed by atoms with E-state index in [0.29, 0.717) is 0 Å². The SMILES string of the molecule is CC(O)CO.COS(=O)(=O)OCCO. The summed E-state index contributed by atoms with van der Waals surface area (Å²) in [5.41, 5.74) is 0. The summed E-state index contributed by atoms with van der Waals surface area (Å²) in [6.45, 7) is 0.777. The molecule has 0 rings (SSSR count). The van der Waals surface area contributed by atoms with E-state index in [1.165, 1.54) is 6.92 Å². The molecule has 0 aliphatic rings. The van der Waals surface area contributed by atoms with Gasteiger partial charge in [-0.2, -0.15) is 8.42 Å². The van der Waals surface area contributed by atoms with Gasteiger partial charge in [0.25, 0.3) is 0 Å². The Morgan fingerprint density at radius 3 is 2.00 bits per heavy atom. The first kappa shape index (κ1) is 16.2. The van der Waals surface area contributed by atoms with Crippen LogP contribution in [0.3, 0.4) is 0 Å². The molecule has 88 valence electrons. The van der Waals surface area contributed by atoms with Gasteiger partial charge in [-0.1, -0.05) is 0 Å². The van der Waals surface area contributed by atoms with Crippen LogP contribution in [0, 0.1) is 0 Å². The van der Waals surface area contributed by atoms with Gasteiger partial charge in [-0.25, -0.2) is 4.18 Å². The van der Waals surface area contributed by atoms with Gasteiger partial charge in [-0.3, -0.25) is 4.18 Å². The second-order valence-corrected chi connectivity index (χ2v) is 3.54. The number of rotatable bonds is 5. The number of aliphatic hydroxyl groups is 3. The van der Waals surface area contributed by atoms with Crippen LogP contribution in [0.25, 0.3) is 0 Å². The largest absolute Gasteiger partial charge is 0.399 e. The van der Waals surface area contributed by atoms with Crippen molar-refractivity contribution in [1.29, 1.82) is 0 Å². The molecule has 1 unspecified atom stereocenters. The minimum Gasteiger partial charge on any atom is -0.394 e. The molecule has 14 heavy (non-hydrogen) atoms. The summed E-state index contributed by atoms with van der Waals surface area (Å²) in [5, 5.41) is 24.1. The molecule has 1 atom stereocenters. The van der Waals surface area contributed by atoms with Crippen LogP contribution < -0.4 is 0 Å². The Hall–Kier alpha value is -0.250. The lowest BCUT2D eigenvalue weighted by atomic mass is 10.5.